The topological polar surface area (TPSA) is 3.24 Å². The van der Waals surface area contributed by atoms with Gasteiger partial charge in [0.1, 0.15) is 0 Å². The number of rotatable bonds is 5. The van der Waals surface area contributed by atoms with Gasteiger partial charge in [0.05, 0.1) is 5.69 Å². The molecule has 0 N–H and O–H groups in total. The minimum absolute atomic E-state index is 1.14. The van der Waals surface area contributed by atoms with Crippen molar-refractivity contribution in [1.82, 2.24) is 0 Å². The molecule has 0 aliphatic carbocycles. The minimum atomic E-state index is 1.14. The molecule has 0 bridgehead atoms. The monoisotopic (exact) mass is 347 g/mol. The van der Waals surface area contributed by atoms with Crippen LogP contribution in [0.3, 0.4) is 0 Å². The number of hydrogen-bond donors (Lipinski definition) is 0. The Bertz CT molecular complexity index is 966. The van der Waals surface area contributed by atoms with E-state index in [1.54, 1.807) is 0 Å². The van der Waals surface area contributed by atoms with Gasteiger partial charge in [-0.05, 0) is 41.5 Å². The quantitative estimate of drug-likeness (QED) is 0.342. The number of para-hydroxylation sites is 3. The third kappa shape index (κ3) is 3.99. The van der Waals surface area contributed by atoms with Gasteiger partial charge in [0.15, 0.2) is 0 Å². The summed E-state index contributed by atoms with van der Waals surface area (Å²) in [7, 11) is 0. The molecule has 27 heavy (non-hydrogen) atoms. The van der Waals surface area contributed by atoms with Gasteiger partial charge < -0.3 is 4.90 Å². The molecule has 0 aliphatic heterocycles. The Labute approximate surface area is 160 Å². The van der Waals surface area contributed by atoms with Crippen molar-refractivity contribution in [3.8, 4) is 0 Å². The molecule has 0 aromatic heterocycles. The van der Waals surface area contributed by atoms with Crippen LogP contribution in [0.25, 0.3) is 12.2 Å². The SMILES string of the molecule is C(=Cc1ccccc1N(c1ccccc1)c1ccccc1)c1ccccc1. The van der Waals surface area contributed by atoms with Crippen LogP contribution in [0.1, 0.15) is 11.1 Å². The molecule has 1 nitrogen and oxygen atoms in total. The van der Waals surface area contributed by atoms with Gasteiger partial charge in [-0.25, -0.2) is 0 Å². The third-order valence-corrected chi connectivity index (χ3v) is 4.46. The lowest BCUT2D eigenvalue weighted by Gasteiger charge is -2.27. The van der Waals surface area contributed by atoms with Crippen molar-refractivity contribution in [1.29, 1.82) is 0 Å². The van der Waals surface area contributed by atoms with E-state index in [0.29, 0.717) is 0 Å². The van der Waals surface area contributed by atoms with Crippen LogP contribution >= 0.6 is 0 Å². The van der Waals surface area contributed by atoms with E-state index in [1.165, 1.54) is 11.1 Å². The Kier molecular flexibility index (Phi) is 5.12. The molecule has 0 unspecified atom stereocenters. The van der Waals surface area contributed by atoms with Crippen molar-refractivity contribution >= 4 is 29.2 Å². The van der Waals surface area contributed by atoms with Gasteiger partial charge in [-0.3, -0.25) is 0 Å². The van der Waals surface area contributed by atoms with Gasteiger partial charge in [0, 0.05) is 11.4 Å². The van der Waals surface area contributed by atoms with E-state index in [2.05, 4.69) is 114 Å². The average Bonchev–Trinajstić information content (AvgIpc) is 2.76. The summed E-state index contributed by atoms with van der Waals surface area (Å²) in [4.78, 5) is 2.30. The molecule has 0 amide bonds. The lowest BCUT2D eigenvalue weighted by Crippen LogP contribution is -2.10. The van der Waals surface area contributed by atoms with Crippen LogP contribution in [0.2, 0.25) is 0 Å². The third-order valence-electron chi connectivity index (χ3n) is 4.46. The van der Waals surface area contributed by atoms with Crippen LogP contribution in [-0.4, -0.2) is 0 Å². The maximum atomic E-state index is 2.30. The lowest BCUT2D eigenvalue weighted by atomic mass is 10.1. The second kappa shape index (κ2) is 8.20. The van der Waals surface area contributed by atoms with Gasteiger partial charge in [-0.1, -0.05) is 97.1 Å². The number of benzene rings is 4. The Balaban J connectivity index is 1.81. The fourth-order valence-electron chi connectivity index (χ4n) is 3.16. The van der Waals surface area contributed by atoms with Crippen LogP contribution in [0, 0.1) is 0 Å². The number of hydrogen-bond acceptors (Lipinski definition) is 1. The standard InChI is InChI=1S/C26H21N/c1-4-12-22(13-5-1)20-21-23-14-10-11-19-26(23)27(24-15-6-2-7-16-24)25-17-8-3-9-18-25/h1-21H. The highest BCUT2D eigenvalue weighted by molar-refractivity contribution is 5.85. The van der Waals surface area contributed by atoms with Crippen molar-refractivity contribution in [2.75, 3.05) is 4.90 Å². The smallest absolute Gasteiger partial charge is 0.0533 e. The first kappa shape index (κ1) is 16.9. The van der Waals surface area contributed by atoms with Crippen molar-refractivity contribution in [2.45, 2.75) is 0 Å². The average molecular weight is 347 g/mol. The van der Waals surface area contributed by atoms with E-state index in [9.17, 15) is 0 Å². The van der Waals surface area contributed by atoms with E-state index in [-0.39, 0.29) is 0 Å². The first-order chi connectivity index (χ1) is 13.4. The predicted octanol–water partition coefficient (Wildman–Crippen LogP) is 7.33. The fourth-order valence-corrected chi connectivity index (χ4v) is 3.16. The highest BCUT2D eigenvalue weighted by Crippen LogP contribution is 2.36. The van der Waals surface area contributed by atoms with Crippen LogP contribution in [0.4, 0.5) is 17.1 Å². The maximum Gasteiger partial charge on any atom is 0.0533 e. The van der Waals surface area contributed by atoms with Crippen LogP contribution in [0.15, 0.2) is 115 Å². The normalized spacial score (nSPS) is 10.8. The molecule has 0 spiro atoms. The number of anilines is 3. The van der Waals surface area contributed by atoms with Crippen molar-refractivity contribution in [3.05, 3.63) is 126 Å². The highest BCUT2D eigenvalue weighted by atomic mass is 15.1. The summed E-state index contributed by atoms with van der Waals surface area (Å²) in [6.07, 6.45) is 4.34. The minimum Gasteiger partial charge on any atom is -0.310 e. The van der Waals surface area contributed by atoms with E-state index < -0.39 is 0 Å². The zero-order chi connectivity index (χ0) is 18.3. The van der Waals surface area contributed by atoms with Crippen LogP contribution < -0.4 is 4.90 Å². The summed E-state index contributed by atoms with van der Waals surface area (Å²) in [5.74, 6) is 0. The lowest BCUT2D eigenvalue weighted by molar-refractivity contribution is 1.28. The summed E-state index contributed by atoms with van der Waals surface area (Å²) >= 11 is 0. The Morgan fingerprint density at radius 1 is 0.444 bits per heavy atom. The second-order valence-corrected chi connectivity index (χ2v) is 6.31. The van der Waals surface area contributed by atoms with Gasteiger partial charge >= 0.3 is 0 Å². The molecule has 0 heterocycles. The summed E-state index contributed by atoms with van der Waals surface area (Å²) in [5, 5.41) is 0. The summed E-state index contributed by atoms with van der Waals surface area (Å²) in [6, 6.07) is 39.9. The Morgan fingerprint density at radius 3 is 1.52 bits per heavy atom. The molecule has 130 valence electrons. The van der Waals surface area contributed by atoms with Crippen LogP contribution in [0.5, 0.6) is 0 Å². The zero-order valence-corrected chi connectivity index (χ0v) is 15.1. The summed E-state index contributed by atoms with van der Waals surface area (Å²) in [6.45, 7) is 0. The maximum absolute atomic E-state index is 2.30. The highest BCUT2D eigenvalue weighted by Gasteiger charge is 2.13. The van der Waals surface area contributed by atoms with Gasteiger partial charge in [0.2, 0.25) is 0 Å². The van der Waals surface area contributed by atoms with E-state index in [0.717, 1.165) is 17.1 Å². The fraction of sp³-hybridized carbons (Fsp3) is 0. The Hall–Kier alpha value is -3.58. The second-order valence-electron chi connectivity index (χ2n) is 6.31. The van der Waals surface area contributed by atoms with E-state index in [1.807, 2.05) is 18.2 Å². The molecule has 4 aromatic carbocycles. The molecule has 0 atom stereocenters. The molecule has 0 aliphatic rings. The van der Waals surface area contributed by atoms with Gasteiger partial charge in [-0.2, -0.15) is 0 Å². The molecule has 4 aromatic rings. The molecule has 4 rings (SSSR count). The van der Waals surface area contributed by atoms with E-state index >= 15 is 0 Å². The Morgan fingerprint density at radius 2 is 0.926 bits per heavy atom. The zero-order valence-electron chi connectivity index (χ0n) is 15.1. The number of nitrogens with zero attached hydrogens (tertiary/aromatic N) is 1. The first-order valence-electron chi connectivity index (χ1n) is 9.14. The summed E-state index contributed by atoms with van der Waals surface area (Å²) in [5.41, 5.74) is 5.81. The van der Waals surface area contributed by atoms with Crippen molar-refractivity contribution in [2.24, 2.45) is 0 Å². The predicted molar refractivity (Wildman–Crippen MR) is 116 cm³/mol. The largest absolute Gasteiger partial charge is 0.310 e. The van der Waals surface area contributed by atoms with Crippen molar-refractivity contribution in [3.63, 3.8) is 0 Å². The molecule has 0 fully saturated rings. The van der Waals surface area contributed by atoms with E-state index in [4.69, 9.17) is 0 Å². The van der Waals surface area contributed by atoms with Crippen molar-refractivity contribution < 1.29 is 0 Å². The first-order valence-corrected chi connectivity index (χ1v) is 9.14. The molecule has 0 saturated carbocycles. The molecule has 0 radical (unpaired) electrons. The molecule has 1 heteroatoms. The molecular weight excluding hydrogens is 326 g/mol. The van der Waals surface area contributed by atoms with Gasteiger partial charge in [-0.15, -0.1) is 0 Å². The molecular formula is C26H21N. The summed E-state index contributed by atoms with van der Waals surface area (Å²) < 4.78 is 0. The molecule has 0 saturated heterocycles. The van der Waals surface area contributed by atoms with Crippen LogP contribution in [-0.2, 0) is 0 Å². The van der Waals surface area contributed by atoms with Gasteiger partial charge in [0.25, 0.3) is 0 Å².